The van der Waals surface area contributed by atoms with Crippen LogP contribution in [0.25, 0.3) is 0 Å². The normalized spacial score (nSPS) is 15.2. The van der Waals surface area contributed by atoms with Gasteiger partial charge >= 0.3 is 6.03 Å². The first-order chi connectivity index (χ1) is 13.2. The van der Waals surface area contributed by atoms with Crippen LogP contribution in [0.1, 0.15) is 29.7 Å². The number of carbonyl (C=O) groups excluding carboxylic acids is 1. The molecule has 2 aromatic carbocycles. The molecule has 1 aliphatic heterocycles. The highest BCUT2D eigenvalue weighted by Crippen LogP contribution is 2.25. The summed E-state index contributed by atoms with van der Waals surface area (Å²) in [6.45, 7) is 2.65. The van der Waals surface area contributed by atoms with E-state index in [1.165, 1.54) is 0 Å². The molecule has 0 radical (unpaired) electrons. The molecule has 0 spiro atoms. The summed E-state index contributed by atoms with van der Waals surface area (Å²) in [5.41, 5.74) is 2.73. The summed E-state index contributed by atoms with van der Waals surface area (Å²) in [5.74, 6) is 6.31. The second-order valence-corrected chi connectivity index (χ2v) is 5.95. The van der Waals surface area contributed by atoms with E-state index in [4.69, 9.17) is 4.74 Å². The maximum absolute atomic E-state index is 11.4. The van der Waals surface area contributed by atoms with E-state index in [9.17, 15) is 10.0 Å². The number of ether oxygens (including phenoxy) is 1. The highest BCUT2D eigenvalue weighted by atomic mass is 16.5. The predicted molar refractivity (Wildman–Crippen MR) is 103 cm³/mol. The van der Waals surface area contributed by atoms with E-state index in [1.54, 1.807) is 6.92 Å². The zero-order valence-electron chi connectivity index (χ0n) is 15.1. The zero-order chi connectivity index (χ0) is 19.1. The maximum Gasteiger partial charge on any atom is 0.342 e. The van der Waals surface area contributed by atoms with Crippen LogP contribution in [-0.2, 0) is 4.74 Å². The lowest BCUT2D eigenvalue weighted by Gasteiger charge is -2.11. The van der Waals surface area contributed by atoms with Crippen molar-refractivity contribution in [3.05, 3.63) is 71.3 Å². The van der Waals surface area contributed by atoms with Gasteiger partial charge in [0.05, 0.1) is 0 Å². The molecule has 0 saturated carbocycles. The van der Waals surface area contributed by atoms with Crippen LogP contribution in [0.2, 0.25) is 0 Å². The molecule has 3 rings (SSSR count). The summed E-state index contributed by atoms with van der Waals surface area (Å²) in [6, 6.07) is 17.0. The van der Waals surface area contributed by atoms with Gasteiger partial charge in [-0.3, -0.25) is 5.21 Å². The Morgan fingerprint density at radius 1 is 1.30 bits per heavy atom. The third-order valence-corrected chi connectivity index (χ3v) is 3.97. The van der Waals surface area contributed by atoms with E-state index in [2.05, 4.69) is 22.2 Å². The largest absolute Gasteiger partial charge is 0.475 e. The van der Waals surface area contributed by atoms with E-state index < -0.39 is 6.03 Å². The van der Waals surface area contributed by atoms with Crippen LogP contribution < -0.4 is 5.32 Å². The van der Waals surface area contributed by atoms with Crippen molar-refractivity contribution in [2.75, 3.05) is 19.7 Å². The molecule has 0 saturated heterocycles. The summed E-state index contributed by atoms with van der Waals surface area (Å²) >= 11 is 0. The molecule has 1 heterocycles. The van der Waals surface area contributed by atoms with E-state index in [0.29, 0.717) is 24.1 Å². The molecule has 0 bridgehead atoms. The van der Waals surface area contributed by atoms with Gasteiger partial charge in [-0.25, -0.2) is 9.79 Å². The van der Waals surface area contributed by atoms with Gasteiger partial charge in [0, 0.05) is 17.7 Å². The van der Waals surface area contributed by atoms with E-state index in [-0.39, 0.29) is 12.6 Å². The van der Waals surface area contributed by atoms with Gasteiger partial charge < -0.3 is 10.1 Å². The Balaban J connectivity index is 1.68. The lowest BCUT2D eigenvalue weighted by molar-refractivity contribution is -0.0307. The Morgan fingerprint density at radius 2 is 2.11 bits per heavy atom. The van der Waals surface area contributed by atoms with Gasteiger partial charge in [0.1, 0.15) is 19.2 Å². The van der Waals surface area contributed by atoms with E-state index in [0.717, 1.165) is 16.7 Å². The Kier molecular flexibility index (Phi) is 6.08. The number of carbonyl (C=O) groups is 1. The van der Waals surface area contributed by atoms with Crippen molar-refractivity contribution >= 4 is 11.9 Å². The molecule has 6 nitrogen and oxygen atoms in total. The van der Waals surface area contributed by atoms with Crippen molar-refractivity contribution < 1.29 is 14.7 Å². The second kappa shape index (κ2) is 8.88. The minimum Gasteiger partial charge on any atom is -0.475 e. The fourth-order valence-corrected chi connectivity index (χ4v) is 2.64. The predicted octanol–water partition coefficient (Wildman–Crippen LogP) is 2.98. The number of hydrogen-bond acceptors (Lipinski definition) is 4. The average Bonchev–Trinajstić information content (AvgIpc) is 3.19. The number of rotatable bonds is 4. The smallest absolute Gasteiger partial charge is 0.342 e. The van der Waals surface area contributed by atoms with E-state index in [1.807, 2.05) is 54.6 Å². The Hall–Kier alpha value is -3.30. The Morgan fingerprint density at radius 3 is 2.89 bits per heavy atom. The first-order valence-electron chi connectivity index (χ1n) is 8.76. The van der Waals surface area contributed by atoms with Crippen molar-refractivity contribution in [3.63, 3.8) is 0 Å². The lowest BCUT2D eigenvalue weighted by Crippen LogP contribution is -2.37. The van der Waals surface area contributed by atoms with Crippen LogP contribution in [-0.4, -0.2) is 41.9 Å². The number of benzene rings is 2. The molecule has 0 aliphatic carbocycles. The number of amides is 2. The van der Waals surface area contributed by atoms with Crippen molar-refractivity contribution in [3.8, 4) is 11.8 Å². The molecule has 1 unspecified atom stereocenters. The molecule has 2 amide bonds. The summed E-state index contributed by atoms with van der Waals surface area (Å²) in [7, 11) is 0. The molecule has 2 aromatic rings. The molecule has 27 heavy (non-hydrogen) atoms. The minimum absolute atomic E-state index is 0.00374. The van der Waals surface area contributed by atoms with Crippen molar-refractivity contribution in [1.29, 1.82) is 0 Å². The molecular weight excluding hydrogens is 342 g/mol. The summed E-state index contributed by atoms with van der Waals surface area (Å²) in [4.78, 5) is 16.1. The molecule has 0 fully saturated rings. The molecule has 2 N–H and O–H groups in total. The van der Waals surface area contributed by atoms with Gasteiger partial charge in [-0.05, 0) is 30.7 Å². The molecular formula is C21H21N3O3. The highest BCUT2D eigenvalue weighted by molar-refractivity contribution is 5.95. The monoisotopic (exact) mass is 363 g/mol. The van der Waals surface area contributed by atoms with Gasteiger partial charge in [-0.15, -0.1) is 0 Å². The first-order valence-corrected chi connectivity index (χ1v) is 8.76. The molecule has 138 valence electrons. The summed E-state index contributed by atoms with van der Waals surface area (Å²) in [5, 5.41) is 12.6. The summed E-state index contributed by atoms with van der Waals surface area (Å²) in [6.07, 6.45) is 0. The van der Waals surface area contributed by atoms with Gasteiger partial charge in [-0.1, -0.05) is 48.2 Å². The van der Waals surface area contributed by atoms with Crippen molar-refractivity contribution in [2.45, 2.75) is 13.0 Å². The fourth-order valence-electron chi connectivity index (χ4n) is 2.64. The van der Waals surface area contributed by atoms with Gasteiger partial charge in [0.25, 0.3) is 0 Å². The molecule has 0 aromatic heterocycles. The zero-order valence-corrected chi connectivity index (χ0v) is 15.1. The number of hydroxylamine groups is 2. The van der Waals surface area contributed by atoms with E-state index >= 15 is 0 Å². The van der Waals surface area contributed by atoms with Crippen LogP contribution >= 0.6 is 0 Å². The maximum atomic E-state index is 11.4. The van der Waals surface area contributed by atoms with Crippen LogP contribution in [0.5, 0.6) is 0 Å². The minimum atomic E-state index is -0.568. The molecule has 6 heteroatoms. The number of nitrogens with one attached hydrogen (secondary N) is 1. The SMILES string of the molecule is CCNC(=O)N(O)CC#Cc1cccc(C2=NC(c3ccccc3)CO2)c1. The third kappa shape index (κ3) is 4.87. The number of urea groups is 1. The van der Waals surface area contributed by atoms with Gasteiger partial charge in [0.15, 0.2) is 0 Å². The first kappa shape index (κ1) is 18.5. The second-order valence-electron chi connectivity index (χ2n) is 5.95. The Labute approximate surface area is 158 Å². The van der Waals surface area contributed by atoms with Crippen molar-refractivity contribution in [1.82, 2.24) is 10.4 Å². The fraction of sp³-hybridized carbons (Fsp3) is 0.238. The van der Waals surface area contributed by atoms with Gasteiger partial charge in [0.2, 0.25) is 5.90 Å². The topological polar surface area (TPSA) is 74.2 Å². The van der Waals surface area contributed by atoms with Gasteiger partial charge in [-0.2, -0.15) is 5.06 Å². The molecule has 1 aliphatic rings. The van der Waals surface area contributed by atoms with Crippen LogP contribution in [0.4, 0.5) is 4.79 Å². The Bertz CT molecular complexity index is 884. The van der Waals surface area contributed by atoms with Crippen molar-refractivity contribution in [2.24, 2.45) is 4.99 Å². The van der Waals surface area contributed by atoms with Crippen LogP contribution in [0, 0.1) is 11.8 Å². The third-order valence-electron chi connectivity index (χ3n) is 3.97. The summed E-state index contributed by atoms with van der Waals surface area (Å²) < 4.78 is 5.76. The quantitative estimate of drug-likeness (QED) is 0.498. The standard InChI is InChI=1S/C21H21N3O3/c1-2-22-21(25)24(26)13-7-9-16-8-6-12-18(14-16)20-23-19(15-27-20)17-10-4-3-5-11-17/h3-6,8,10-12,14,19,26H,2,13,15H2,1H3,(H,22,25). The lowest BCUT2D eigenvalue weighted by atomic mass is 10.1. The molecule has 1 atom stereocenters. The number of aliphatic imine (C=N–C) groups is 1. The van der Waals surface area contributed by atoms with Crippen LogP contribution in [0.15, 0.2) is 59.6 Å². The van der Waals surface area contributed by atoms with Crippen LogP contribution in [0.3, 0.4) is 0 Å². The average molecular weight is 363 g/mol. The highest BCUT2D eigenvalue weighted by Gasteiger charge is 2.21. The number of hydrogen-bond donors (Lipinski definition) is 2. The number of nitrogens with zero attached hydrogens (tertiary/aromatic N) is 2.